The summed E-state index contributed by atoms with van der Waals surface area (Å²) in [5.74, 6) is -1.30. The number of rotatable bonds is 20. The van der Waals surface area contributed by atoms with Gasteiger partial charge in [-0.1, -0.05) is 132 Å². The quantitative estimate of drug-likeness (QED) is 0.0577. The number of carbonyl (C=O) groups excluding carboxylic acids is 4. The van der Waals surface area contributed by atoms with E-state index in [2.05, 4.69) is 48.3 Å². The molecule has 11 heteroatoms. The molecular weight excluding hydrogens is 793 g/mol. The largest absolute Gasteiger partial charge is 0.494 e. The molecule has 0 aliphatic heterocycles. The Labute approximate surface area is 372 Å². The van der Waals surface area contributed by atoms with Crippen molar-refractivity contribution >= 4 is 23.8 Å². The van der Waals surface area contributed by atoms with E-state index in [1.165, 1.54) is 25.7 Å². The number of hydrogen-bond donors (Lipinski definition) is 2. The van der Waals surface area contributed by atoms with Gasteiger partial charge in [0.2, 0.25) is 5.91 Å². The average molecular weight is 855 g/mol. The highest BCUT2D eigenvalue weighted by Crippen LogP contribution is 2.25. The zero-order valence-electron chi connectivity index (χ0n) is 37.7. The van der Waals surface area contributed by atoms with E-state index in [-0.39, 0.29) is 18.4 Å². The molecule has 0 saturated heterocycles. The Kier molecular flexibility index (Phi) is 17.1. The number of aromatic nitrogens is 2. The lowest BCUT2D eigenvalue weighted by atomic mass is 9.86. The number of amides is 2. The molecular formula is C52H62N4O7. The summed E-state index contributed by atoms with van der Waals surface area (Å²) in [7, 11) is 0. The van der Waals surface area contributed by atoms with Crippen LogP contribution in [0.15, 0.2) is 116 Å². The Hall–Kier alpha value is -6.36. The number of carbonyl (C=O) groups is 4. The zero-order valence-corrected chi connectivity index (χ0v) is 37.7. The Bertz CT molecular complexity index is 2230. The third-order valence-corrected chi connectivity index (χ3v) is 10.3. The number of esters is 2. The van der Waals surface area contributed by atoms with Crippen LogP contribution in [0, 0.1) is 0 Å². The molecule has 1 heterocycles. The third-order valence-electron chi connectivity index (χ3n) is 10.3. The minimum atomic E-state index is -1.38. The summed E-state index contributed by atoms with van der Waals surface area (Å²) in [4.78, 5) is 63.6. The van der Waals surface area contributed by atoms with E-state index in [0.717, 1.165) is 45.6 Å². The Morgan fingerprint density at radius 1 is 0.651 bits per heavy atom. The summed E-state index contributed by atoms with van der Waals surface area (Å²) < 4.78 is 17.0. The smallest absolute Gasteiger partial charge is 0.329 e. The van der Waals surface area contributed by atoms with Crippen LogP contribution >= 0.6 is 0 Å². The van der Waals surface area contributed by atoms with Crippen molar-refractivity contribution < 1.29 is 33.4 Å². The number of unbranched alkanes of at least 4 members (excludes halogenated alkanes) is 4. The number of benzene rings is 4. The second kappa shape index (κ2) is 22.6. The van der Waals surface area contributed by atoms with Gasteiger partial charge in [-0.05, 0) is 79.1 Å². The van der Waals surface area contributed by atoms with Crippen LogP contribution in [-0.4, -0.2) is 58.0 Å². The van der Waals surface area contributed by atoms with E-state index in [9.17, 15) is 19.2 Å². The van der Waals surface area contributed by atoms with Gasteiger partial charge < -0.3 is 24.8 Å². The fourth-order valence-electron chi connectivity index (χ4n) is 6.67. The number of nitrogens with zero attached hydrogens (tertiary/aromatic N) is 2. The van der Waals surface area contributed by atoms with Crippen molar-refractivity contribution in [1.82, 2.24) is 20.6 Å². The van der Waals surface area contributed by atoms with Crippen molar-refractivity contribution in [1.29, 1.82) is 0 Å². The number of hydrogen-bond acceptors (Lipinski definition) is 9. The average Bonchev–Trinajstić information content (AvgIpc) is 3.26. The van der Waals surface area contributed by atoms with E-state index in [0.29, 0.717) is 18.0 Å². The van der Waals surface area contributed by atoms with Gasteiger partial charge in [-0.2, -0.15) is 0 Å². The van der Waals surface area contributed by atoms with Crippen molar-refractivity contribution in [3.05, 3.63) is 138 Å². The maximum Gasteiger partial charge on any atom is 0.329 e. The Morgan fingerprint density at radius 2 is 1.29 bits per heavy atom. The van der Waals surface area contributed by atoms with E-state index in [4.69, 9.17) is 14.2 Å². The lowest BCUT2D eigenvalue weighted by Crippen LogP contribution is -2.54. The molecule has 4 aromatic carbocycles. The lowest BCUT2D eigenvalue weighted by molar-refractivity contribution is -0.162. The van der Waals surface area contributed by atoms with Gasteiger partial charge in [0.15, 0.2) is 5.82 Å². The van der Waals surface area contributed by atoms with Crippen LogP contribution < -0.4 is 15.4 Å². The van der Waals surface area contributed by atoms with Gasteiger partial charge >= 0.3 is 11.9 Å². The fourth-order valence-corrected chi connectivity index (χ4v) is 6.67. The summed E-state index contributed by atoms with van der Waals surface area (Å²) in [6.07, 6.45) is 9.09. The van der Waals surface area contributed by atoms with E-state index >= 15 is 0 Å². The van der Waals surface area contributed by atoms with E-state index in [1.54, 1.807) is 45.3 Å². The summed E-state index contributed by atoms with van der Waals surface area (Å²) in [6.45, 7) is 14.2. The molecule has 0 aliphatic carbocycles. The molecule has 2 atom stereocenters. The summed E-state index contributed by atoms with van der Waals surface area (Å²) in [5.41, 5.74) is 4.48. The summed E-state index contributed by atoms with van der Waals surface area (Å²) >= 11 is 0. The molecule has 332 valence electrons. The lowest BCUT2D eigenvalue weighted by Gasteiger charge is -2.26. The highest BCUT2D eigenvalue weighted by molar-refractivity contribution is 5.98. The monoisotopic (exact) mass is 854 g/mol. The molecule has 0 radical (unpaired) electrons. The van der Waals surface area contributed by atoms with Crippen LogP contribution in [0.5, 0.6) is 5.75 Å². The predicted octanol–water partition coefficient (Wildman–Crippen LogP) is 9.76. The SMILES string of the molecule is CCCCCCCOc1ccc(-c2cnc(-c3ccc(CC(NC(=O)c4ccc(C(C)(C)C)cc4)C(=O)N[C@@H](CC(=O)OCc4ccccc4)C(=O)OC(C)(C)C)cc3)nc2)cc1. The molecule has 2 amide bonds. The Morgan fingerprint density at radius 3 is 1.90 bits per heavy atom. The molecule has 1 aromatic heterocycles. The standard InChI is InChI=1S/C52H62N4O7/c1-8-9-10-11-15-30-61-43-28-24-38(25-29-43)41-33-53-47(54-34-41)39-20-18-36(19-21-39)31-44(55-48(58)40-22-26-42(27-23-40)51(2,3)4)49(59)56-45(50(60)63-52(5,6)7)32-46(57)62-35-37-16-13-12-14-17-37/h12-14,16-29,33-34,44-45H,8-11,15,30-32,35H2,1-7H3,(H,55,58)(H,56,59)/t44?,45-/m0/s1. The topological polar surface area (TPSA) is 146 Å². The molecule has 63 heavy (non-hydrogen) atoms. The van der Waals surface area contributed by atoms with Crippen LogP contribution in [0.25, 0.3) is 22.5 Å². The first kappa shape index (κ1) is 47.7. The van der Waals surface area contributed by atoms with Gasteiger partial charge in [-0.25, -0.2) is 14.8 Å². The molecule has 0 aliphatic rings. The minimum absolute atomic E-state index is 0.00442. The molecule has 1 unspecified atom stereocenters. The van der Waals surface area contributed by atoms with Crippen molar-refractivity contribution in [2.24, 2.45) is 0 Å². The molecule has 0 bridgehead atoms. The van der Waals surface area contributed by atoms with Gasteiger partial charge in [0.05, 0.1) is 13.0 Å². The molecule has 0 spiro atoms. The first-order valence-corrected chi connectivity index (χ1v) is 21.9. The van der Waals surface area contributed by atoms with Crippen LogP contribution in [0.2, 0.25) is 0 Å². The van der Waals surface area contributed by atoms with Crippen LogP contribution in [-0.2, 0) is 42.3 Å². The van der Waals surface area contributed by atoms with Gasteiger partial charge in [-0.3, -0.25) is 14.4 Å². The summed E-state index contributed by atoms with van der Waals surface area (Å²) in [5, 5.41) is 5.57. The molecule has 0 fully saturated rings. The second-order valence-corrected chi connectivity index (χ2v) is 17.8. The van der Waals surface area contributed by atoms with Gasteiger partial charge in [0.1, 0.15) is 30.0 Å². The molecule has 2 N–H and O–H groups in total. The summed E-state index contributed by atoms with van der Waals surface area (Å²) in [6, 6.07) is 29.1. The van der Waals surface area contributed by atoms with Gasteiger partial charge in [0, 0.05) is 35.5 Å². The van der Waals surface area contributed by atoms with Crippen molar-refractivity contribution in [2.75, 3.05) is 6.61 Å². The molecule has 11 nitrogen and oxygen atoms in total. The molecule has 5 rings (SSSR count). The maximum absolute atomic E-state index is 14.2. The first-order chi connectivity index (χ1) is 30.1. The minimum Gasteiger partial charge on any atom is -0.494 e. The van der Waals surface area contributed by atoms with E-state index in [1.807, 2.05) is 91.0 Å². The van der Waals surface area contributed by atoms with Crippen LogP contribution in [0.4, 0.5) is 0 Å². The third kappa shape index (κ3) is 15.5. The predicted molar refractivity (Wildman–Crippen MR) is 246 cm³/mol. The maximum atomic E-state index is 14.2. The van der Waals surface area contributed by atoms with Crippen molar-refractivity contribution in [3.63, 3.8) is 0 Å². The van der Waals surface area contributed by atoms with Gasteiger partial charge in [0.25, 0.3) is 5.91 Å². The van der Waals surface area contributed by atoms with Gasteiger partial charge in [-0.15, -0.1) is 0 Å². The first-order valence-electron chi connectivity index (χ1n) is 21.9. The Balaban J connectivity index is 1.30. The van der Waals surface area contributed by atoms with E-state index < -0.39 is 47.9 Å². The second-order valence-electron chi connectivity index (χ2n) is 17.8. The molecule has 0 saturated carbocycles. The van der Waals surface area contributed by atoms with Crippen LogP contribution in [0.3, 0.4) is 0 Å². The number of ether oxygens (including phenoxy) is 3. The highest BCUT2D eigenvalue weighted by atomic mass is 16.6. The molecule has 5 aromatic rings. The van der Waals surface area contributed by atoms with Crippen molar-refractivity contribution in [2.45, 2.75) is 123 Å². The van der Waals surface area contributed by atoms with Crippen LogP contribution in [0.1, 0.15) is 114 Å². The zero-order chi connectivity index (χ0) is 45.4. The fraction of sp³-hybridized carbons (Fsp3) is 0.385. The van der Waals surface area contributed by atoms with Crippen molar-refractivity contribution in [3.8, 4) is 28.3 Å². The number of nitrogens with one attached hydrogen (secondary N) is 2. The highest BCUT2D eigenvalue weighted by Gasteiger charge is 2.32. The normalized spacial score (nSPS) is 12.4.